The predicted molar refractivity (Wildman–Crippen MR) is 136 cm³/mol. The molecule has 0 bridgehead atoms. The number of amides is 5. The van der Waals surface area contributed by atoms with Gasteiger partial charge in [-0.05, 0) is 18.1 Å². The van der Waals surface area contributed by atoms with Gasteiger partial charge in [0.2, 0.25) is 5.91 Å². The number of para-hydroxylation sites is 1. The third-order valence-electron chi connectivity index (χ3n) is 6.54. The van der Waals surface area contributed by atoms with Gasteiger partial charge in [0.15, 0.2) is 0 Å². The molecule has 8 N–H and O–H groups in total. The standard InChI is InChI=1S/C24H25BFN5O10/c26-14-9-12(32)10-15(33)17(14)18(29-24(39)31-7-6-30(5-4-27)21(35)22(31)36)20(34)28-16-8-11-2-1-3-13(23(37)38)19(11)41-25(16)40/h1-3,9-10,16,18,32-33,40H,4-8,27H2,(H,28,34)(H,29,39)(H,37,38). The van der Waals surface area contributed by atoms with Crippen LogP contribution >= 0.6 is 0 Å². The molecule has 2 aliphatic heterocycles. The number of nitrogens with one attached hydrogen (secondary N) is 2. The molecule has 2 heterocycles. The van der Waals surface area contributed by atoms with E-state index in [-0.39, 0.29) is 43.9 Å². The number of carbonyl (C=O) groups excluding carboxylic acids is 4. The van der Waals surface area contributed by atoms with Gasteiger partial charge in [-0.25, -0.2) is 14.0 Å². The molecular formula is C24H25BFN5O10. The van der Waals surface area contributed by atoms with Gasteiger partial charge in [0, 0.05) is 38.3 Å². The summed E-state index contributed by atoms with van der Waals surface area (Å²) in [7, 11) is -1.77. The van der Waals surface area contributed by atoms with Crippen LogP contribution in [0.4, 0.5) is 9.18 Å². The molecule has 1 saturated heterocycles. The molecule has 5 amide bonds. The van der Waals surface area contributed by atoms with Crippen LogP contribution < -0.4 is 21.0 Å². The van der Waals surface area contributed by atoms with Crippen molar-refractivity contribution in [1.29, 1.82) is 0 Å². The monoisotopic (exact) mass is 573 g/mol. The highest BCUT2D eigenvalue weighted by Crippen LogP contribution is 2.33. The number of aromatic carboxylic acids is 1. The third kappa shape index (κ3) is 5.85. The van der Waals surface area contributed by atoms with E-state index >= 15 is 0 Å². The number of hydrogen-bond acceptors (Lipinski definition) is 10. The Morgan fingerprint density at radius 3 is 2.56 bits per heavy atom. The third-order valence-corrected chi connectivity index (χ3v) is 6.54. The fraction of sp³-hybridized carbons (Fsp3) is 0.292. The molecule has 2 aromatic rings. The number of benzene rings is 2. The molecule has 2 atom stereocenters. The molecule has 216 valence electrons. The van der Waals surface area contributed by atoms with Gasteiger partial charge in [-0.15, -0.1) is 0 Å². The molecule has 0 aromatic heterocycles. The number of phenolic OH excluding ortho intramolecular Hbond substituents is 2. The number of carbonyl (C=O) groups is 5. The number of nitrogens with two attached hydrogens (primary N) is 1. The highest BCUT2D eigenvalue weighted by Gasteiger charge is 2.42. The molecule has 17 heteroatoms. The maximum atomic E-state index is 14.9. The number of imide groups is 1. The van der Waals surface area contributed by atoms with Gasteiger partial charge >= 0.3 is 30.9 Å². The summed E-state index contributed by atoms with van der Waals surface area (Å²) in [5, 5.41) is 44.4. The second-order valence-corrected chi connectivity index (χ2v) is 9.21. The SMILES string of the molecule is NCCN1CCN(C(=O)NC(C(=O)NC2Cc3cccc(C(=O)O)c3OB2O)c2c(O)cc(O)cc2F)C(=O)C1=O. The number of fused-ring (bicyclic) bond motifs is 1. The van der Waals surface area contributed by atoms with Crippen molar-refractivity contribution in [3.63, 3.8) is 0 Å². The van der Waals surface area contributed by atoms with Gasteiger partial charge in [0.25, 0.3) is 0 Å². The quantitative estimate of drug-likeness (QED) is 0.148. The van der Waals surface area contributed by atoms with E-state index in [1.807, 2.05) is 0 Å². The van der Waals surface area contributed by atoms with Crippen molar-refractivity contribution in [2.45, 2.75) is 18.4 Å². The maximum absolute atomic E-state index is 14.9. The second-order valence-electron chi connectivity index (χ2n) is 9.21. The van der Waals surface area contributed by atoms with Crippen molar-refractivity contribution < 1.29 is 53.4 Å². The fourth-order valence-electron chi connectivity index (χ4n) is 4.57. The summed E-state index contributed by atoms with van der Waals surface area (Å²) in [5.74, 6) is -8.97. The van der Waals surface area contributed by atoms with Crippen LogP contribution in [-0.2, 0) is 20.8 Å². The van der Waals surface area contributed by atoms with Gasteiger partial charge in [-0.3, -0.25) is 19.3 Å². The van der Waals surface area contributed by atoms with E-state index in [0.29, 0.717) is 22.6 Å². The Balaban J connectivity index is 1.60. The zero-order chi connectivity index (χ0) is 30.0. The number of rotatable bonds is 7. The van der Waals surface area contributed by atoms with Crippen LogP contribution in [0.25, 0.3) is 0 Å². The number of carboxylic acid groups (broad SMARTS) is 1. The van der Waals surface area contributed by atoms with E-state index in [1.165, 1.54) is 18.2 Å². The summed E-state index contributed by atoms with van der Waals surface area (Å²) >= 11 is 0. The van der Waals surface area contributed by atoms with Crippen molar-refractivity contribution >= 4 is 36.8 Å². The lowest BCUT2D eigenvalue weighted by Gasteiger charge is -2.33. The Hall–Kier alpha value is -4.90. The lowest BCUT2D eigenvalue weighted by Crippen LogP contribution is -2.60. The first-order chi connectivity index (χ1) is 19.4. The number of nitrogens with zero attached hydrogens (tertiary/aromatic N) is 2. The van der Waals surface area contributed by atoms with Crippen LogP contribution in [0.1, 0.15) is 27.5 Å². The van der Waals surface area contributed by atoms with E-state index in [9.17, 15) is 48.7 Å². The normalized spacial score (nSPS) is 17.4. The average Bonchev–Trinajstić information content (AvgIpc) is 2.90. The topological polar surface area (TPSA) is 232 Å². The highest BCUT2D eigenvalue weighted by atomic mass is 19.1. The fourth-order valence-corrected chi connectivity index (χ4v) is 4.57. The van der Waals surface area contributed by atoms with Crippen molar-refractivity contribution in [3.8, 4) is 17.2 Å². The minimum atomic E-state index is -2.04. The first-order valence-corrected chi connectivity index (χ1v) is 12.3. The van der Waals surface area contributed by atoms with Gasteiger partial charge in [-0.1, -0.05) is 12.1 Å². The van der Waals surface area contributed by atoms with Crippen molar-refractivity contribution in [2.75, 3.05) is 26.2 Å². The van der Waals surface area contributed by atoms with Crippen molar-refractivity contribution in [3.05, 3.63) is 52.8 Å². The number of piperazine rings is 1. The summed E-state index contributed by atoms with van der Waals surface area (Å²) in [6.45, 7) is -0.174. The zero-order valence-corrected chi connectivity index (χ0v) is 21.2. The van der Waals surface area contributed by atoms with Crippen LogP contribution in [0.2, 0.25) is 0 Å². The van der Waals surface area contributed by atoms with E-state index in [1.54, 1.807) is 0 Å². The molecule has 1 fully saturated rings. The zero-order valence-electron chi connectivity index (χ0n) is 21.2. The molecule has 4 rings (SSSR count). The first-order valence-electron chi connectivity index (χ1n) is 12.3. The Kier molecular flexibility index (Phi) is 8.29. The number of phenols is 2. The summed E-state index contributed by atoms with van der Waals surface area (Å²) in [4.78, 5) is 64.5. The minimum Gasteiger partial charge on any atom is -0.534 e. The summed E-state index contributed by atoms with van der Waals surface area (Å²) < 4.78 is 20.3. The smallest absolute Gasteiger partial charge is 0.534 e. The molecule has 0 aliphatic carbocycles. The molecule has 0 radical (unpaired) electrons. The molecule has 15 nitrogen and oxygen atoms in total. The number of aromatic hydroxyl groups is 2. The van der Waals surface area contributed by atoms with Crippen molar-refractivity contribution in [2.24, 2.45) is 5.73 Å². The molecule has 41 heavy (non-hydrogen) atoms. The van der Waals surface area contributed by atoms with E-state index in [0.717, 1.165) is 4.90 Å². The summed E-state index contributed by atoms with van der Waals surface area (Å²) in [6.07, 6.45) is -0.135. The predicted octanol–water partition coefficient (Wildman–Crippen LogP) is -1.55. The van der Waals surface area contributed by atoms with Gasteiger partial charge in [-0.2, -0.15) is 0 Å². The van der Waals surface area contributed by atoms with Gasteiger partial charge in [0.1, 0.15) is 29.1 Å². The lowest BCUT2D eigenvalue weighted by atomic mass is 9.72. The summed E-state index contributed by atoms with van der Waals surface area (Å²) in [5.41, 5.74) is 4.74. The largest absolute Gasteiger partial charge is 0.547 e. The van der Waals surface area contributed by atoms with Crippen LogP contribution in [0.5, 0.6) is 17.2 Å². The second kappa shape index (κ2) is 11.7. The van der Waals surface area contributed by atoms with Crippen LogP contribution in [0.15, 0.2) is 30.3 Å². The van der Waals surface area contributed by atoms with E-state index < -0.39 is 71.7 Å². The molecule has 2 unspecified atom stereocenters. The highest BCUT2D eigenvalue weighted by molar-refractivity contribution is 6.47. The maximum Gasteiger partial charge on any atom is 0.547 e. The Bertz CT molecular complexity index is 1400. The lowest BCUT2D eigenvalue weighted by molar-refractivity contribution is -0.153. The number of urea groups is 1. The number of hydrogen-bond donors (Lipinski definition) is 7. The van der Waals surface area contributed by atoms with Gasteiger partial charge in [0.05, 0.1) is 17.1 Å². The molecule has 2 aromatic carbocycles. The molecular weight excluding hydrogens is 548 g/mol. The first kappa shape index (κ1) is 29.1. The van der Waals surface area contributed by atoms with E-state index in [4.69, 9.17) is 10.4 Å². The van der Waals surface area contributed by atoms with Crippen LogP contribution in [-0.4, -0.2) is 99.1 Å². The average molecular weight is 573 g/mol. The molecule has 2 aliphatic rings. The molecule has 0 spiro atoms. The Morgan fingerprint density at radius 2 is 1.90 bits per heavy atom. The number of halogens is 1. The molecule has 0 saturated carbocycles. The Morgan fingerprint density at radius 1 is 1.17 bits per heavy atom. The van der Waals surface area contributed by atoms with Crippen molar-refractivity contribution in [1.82, 2.24) is 20.4 Å². The van der Waals surface area contributed by atoms with Crippen LogP contribution in [0.3, 0.4) is 0 Å². The summed E-state index contributed by atoms with van der Waals surface area (Å²) in [6, 6.07) is 2.19. The van der Waals surface area contributed by atoms with E-state index in [2.05, 4.69) is 10.6 Å². The van der Waals surface area contributed by atoms with Crippen LogP contribution in [0, 0.1) is 5.82 Å². The van der Waals surface area contributed by atoms with Gasteiger partial charge < -0.3 is 46.3 Å². The minimum absolute atomic E-state index is 0.0474. The number of carboxylic acids is 1. The Labute approximate surface area is 231 Å².